The highest BCUT2D eigenvalue weighted by Crippen LogP contribution is 1.95. The Morgan fingerprint density at radius 1 is 1.83 bits per heavy atom. The molecular weight excluding hydrogens is 246 g/mol. The molecule has 0 radical (unpaired) electrons. The quantitative estimate of drug-likeness (QED) is 0.205. The van der Waals surface area contributed by atoms with Crippen LogP contribution in [0.3, 0.4) is 0 Å². The molecule has 0 aliphatic rings. The van der Waals surface area contributed by atoms with Crippen LogP contribution in [0.25, 0.3) is 0 Å². The fourth-order valence-electron chi connectivity index (χ4n) is 0.485. The van der Waals surface area contributed by atoms with Crippen LogP contribution in [0.5, 0.6) is 0 Å². The van der Waals surface area contributed by atoms with E-state index in [9.17, 15) is 10.1 Å². The molecule has 0 atom stereocenters. The van der Waals surface area contributed by atoms with Gasteiger partial charge in [-0.1, -0.05) is 27.7 Å². The number of nitrogens with zero attached hydrogens (tertiary/aromatic N) is 2. The van der Waals surface area contributed by atoms with Gasteiger partial charge in [0.25, 0.3) is 0 Å². The first-order valence-corrected chi connectivity index (χ1v) is 5.62. The van der Waals surface area contributed by atoms with Crippen LogP contribution in [-0.4, -0.2) is 28.3 Å². The van der Waals surface area contributed by atoms with Gasteiger partial charge in [0.2, 0.25) is 5.17 Å². The molecule has 0 amide bonds. The van der Waals surface area contributed by atoms with E-state index in [4.69, 9.17) is 0 Å². The number of thioether (sulfide) groups is 1. The minimum atomic E-state index is -0.701. The van der Waals surface area contributed by atoms with Crippen molar-refractivity contribution in [3.05, 3.63) is 10.1 Å². The number of rotatable bonds is 4. The number of halogens is 1. The van der Waals surface area contributed by atoms with Gasteiger partial charge in [-0.25, -0.2) is 10.1 Å². The summed E-state index contributed by atoms with van der Waals surface area (Å²) >= 11 is 4.48. The Hall–Kier alpha value is -0.300. The van der Waals surface area contributed by atoms with E-state index in [0.717, 1.165) is 11.8 Å². The maximum Gasteiger partial charge on any atom is 0.234 e. The predicted octanol–water partition coefficient (Wildman–Crippen LogP) is 1.27. The maximum atomic E-state index is 9.96. The Bertz CT molecular complexity index is 176. The third kappa shape index (κ3) is 6.41. The molecule has 0 fully saturated rings. The number of hydrogen-bond acceptors (Lipinski definition) is 3. The molecule has 0 aromatic carbocycles. The van der Waals surface area contributed by atoms with E-state index in [1.165, 1.54) is 11.8 Å². The molecule has 7 heteroatoms. The van der Waals surface area contributed by atoms with Crippen molar-refractivity contribution in [3.8, 4) is 0 Å². The van der Waals surface area contributed by atoms with E-state index in [1.807, 2.05) is 0 Å². The normalized spacial score (nSPS) is 11.3. The van der Waals surface area contributed by atoms with Crippen molar-refractivity contribution in [3.63, 3.8) is 0 Å². The number of hydrogen-bond donors (Lipinski definition) is 1. The molecule has 0 bridgehead atoms. The van der Waals surface area contributed by atoms with Crippen molar-refractivity contribution in [1.29, 1.82) is 0 Å². The van der Waals surface area contributed by atoms with Gasteiger partial charge in [-0.3, -0.25) is 0 Å². The lowest BCUT2D eigenvalue weighted by molar-refractivity contribution is -0.484. The summed E-state index contributed by atoms with van der Waals surface area (Å²) in [4.78, 5) is 9.96. The molecule has 12 heavy (non-hydrogen) atoms. The van der Waals surface area contributed by atoms with E-state index >= 15 is 0 Å². The van der Waals surface area contributed by atoms with E-state index in [2.05, 4.69) is 26.3 Å². The molecule has 0 saturated carbocycles. The number of nitro groups is 1. The molecule has 0 aliphatic heterocycles. The highest BCUT2D eigenvalue weighted by molar-refractivity contribution is 9.09. The molecule has 70 valence electrons. The zero-order valence-electron chi connectivity index (χ0n) is 6.62. The van der Waals surface area contributed by atoms with Crippen molar-refractivity contribution in [2.45, 2.75) is 6.42 Å². The van der Waals surface area contributed by atoms with Crippen LogP contribution in [0.15, 0.2) is 5.10 Å². The molecule has 5 nitrogen and oxygen atoms in total. The highest BCUT2D eigenvalue weighted by Gasteiger charge is 2.00. The second kappa shape index (κ2) is 7.35. The monoisotopic (exact) mass is 255 g/mol. The zero-order valence-corrected chi connectivity index (χ0v) is 9.02. The minimum Gasteiger partial charge on any atom is -0.360 e. The minimum absolute atomic E-state index is 0.348. The maximum absolute atomic E-state index is 9.96. The largest absolute Gasteiger partial charge is 0.360 e. The van der Waals surface area contributed by atoms with Gasteiger partial charge in [0.05, 0.1) is 5.10 Å². The molecule has 1 N–H and O–H groups in total. The van der Waals surface area contributed by atoms with Crippen molar-refractivity contribution in [1.82, 2.24) is 5.32 Å². The van der Waals surface area contributed by atoms with Crippen LogP contribution < -0.4 is 5.32 Å². The SMILES string of the molecule is CSC(=N[N+](=O)[O-])NCCCBr. The number of nitrogens with one attached hydrogen (secondary N) is 1. The van der Waals surface area contributed by atoms with Gasteiger partial charge in [0, 0.05) is 11.9 Å². The molecule has 0 unspecified atom stereocenters. The zero-order chi connectivity index (χ0) is 9.40. The van der Waals surface area contributed by atoms with Crippen molar-refractivity contribution in [2.24, 2.45) is 5.10 Å². The summed E-state index contributed by atoms with van der Waals surface area (Å²) in [7, 11) is 0. The van der Waals surface area contributed by atoms with Gasteiger partial charge in [0.15, 0.2) is 5.03 Å². The molecule has 0 saturated heterocycles. The number of hydrazone groups is 1. The van der Waals surface area contributed by atoms with E-state index in [0.29, 0.717) is 11.7 Å². The Labute approximate surface area is 83.3 Å². The van der Waals surface area contributed by atoms with Crippen LogP contribution in [0.1, 0.15) is 6.42 Å². The summed E-state index contributed by atoms with van der Waals surface area (Å²) in [6, 6.07) is 0. The Morgan fingerprint density at radius 2 is 2.50 bits per heavy atom. The van der Waals surface area contributed by atoms with Crippen molar-refractivity contribution in [2.75, 3.05) is 18.1 Å². The summed E-state index contributed by atoms with van der Waals surface area (Å²) in [6.45, 7) is 0.693. The van der Waals surface area contributed by atoms with Crippen LogP contribution >= 0.6 is 27.7 Å². The predicted molar refractivity (Wildman–Crippen MR) is 54.4 cm³/mol. The summed E-state index contributed by atoms with van der Waals surface area (Å²) < 4.78 is 0. The molecule has 0 heterocycles. The van der Waals surface area contributed by atoms with Crippen LogP contribution in [0, 0.1) is 10.1 Å². The fourth-order valence-corrected chi connectivity index (χ4v) is 1.16. The van der Waals surface area contributed by atoms with Crippen LogP contribution in [0.4, 0.5) is 0 Å². The summed E-state index contributed by atoms with van der Waals surface area (Å²) in [5.41, 5.74) is 0. The topological polar surface area (TPSA) is 67.5 Å². The van der Waals surface area contributed by atoms with Gasteiger partial charge in [-0.15, -0.1) is 0 Å². The molecule has 0 spiro atoms. The van der Waals surface area contributed by atoms with Gasteiger partial charge in [-0.05, 0) is 12.7 Å². The van der Waals surface area contributed by atoms with Crippen molar-refractivity contribution < 1.29 is 5.03 Å². The van der Waals surface area contributed by atoms with E-state index in [1.54, 1.807) is 6.26 Å². The average molecular weight is 256 g/mol. The summed E-state index contributed by atoms with van der Waals surface area (Å²) in [6.07, 6.45) is 2.65. The molecule has 0 rings (SSSR count). The van der Waals surface area contributed by atoms with Crippen LogP contribution in [0.2, 0.25) is 0 Å². The van der Waals surface area contributed by atoms with Crippen molar-refractivity contribution >= 4 is 32.9 Å². The molecule has 0 aromatic heterocycles. The van der Waals surface area contributed by atoms with Gasteiger partial charge in [-0.2, -0.15) is 0 Å². The second-order valence-electron chi connectivity index (χ2n) is 1.82. The van der Waals surface area contributed by atoms with Crippen LogP contribution in [-0.2, 0) is 0 Å². The Kier molecular flexibility index (Phi) is 7.17. The lowest BCUT2D eigenvalue weighted by atomic mass is 10.5. The Balaban J connectivity index is 3.75. The smallest absolute Gasteiger partial charge is 0.234 e. The number of alkyl halides is 1. The molecule has 0 aliphatic carbocycles. The van der Waals surface area contributed by atoms with Gasteiger partial charge < -0.3 is 5.32 Å². The molecular formula is C5H10BrN3O2S. The first-order chi connectivity index (χ1) is 5.70. The lowest BCUT2D eigenvalue weighted by Crippen LogP contribution is -2.22. The second-order valence-corrected chi connectivity index (χ2v) is 3.40. The third-order valence-corrected chi connectivity index (χ3v) is 2.13. The lowest BCUT2D eigenvalue weighted by Gasteiger charge is -2.01. The average Bonchev–Trinajstić information content (AvgIpc) is 2.02. The fraction of sp³-hybridized carbons (Fsp3) is 0.800. The first-order valence-electron chi connectivity index (χ1n) is 3.27. The summed E-state index contributed by atoms with van der Waals surface area (Å²) in [5, 5.41) is 16.5. The molecule has 0 aromatic rings. The third-order valence-electron chi connectivity index (χ3n) is 0.952. The highest BCUT2D eigenvalue weighted by atomic mass is 79.9. The number of amidine groups is 1. The standard InChI is InChI=1S/C5H10BrN3O2S/c1-12-5(8-9(10)11)7-4-2-3-6/h2-4H2,1H3,(H,7,8). The van der Waals surface area contributed by atoms with Gasteiger partial charge in [0.1, 0.15) is 0 Å². The van der Waals surface area contributed by atoms with E-state index in [-0.39, 0.29) is 0 Å². The summed E-state index contributed by atoms with van der Waals surface area (Å²) in [5.74, 6) is 0. The first kappa shape index (κ1) is 11.7. The van der Waals surface area contributed by atoms with Gasteiger partial charge >= 0.3 is 0 Å². The Morgan fingerprint density at radius 3 is 2.92 bits per heavy atom. The van der Waals surface area contributed by atoms with E-state index < -0.39 is 5.03 Å².